The quantitative estimate of drug-likeness (QED) is 0.504. The van der Waals surface area contributed by atoms with Crippen LogP contribution >= 0.6 is 11.8 Å². The van der Waals surface area contributed by atoms with Crippen molar-refractivity contribution in [1.82, 2.24) is 16.0 Å². The molecule has 1 atom stereocenters. The van der Waals surface area contributed by atoms with Gasteiger partial charge < -0.3 is 25.4 Å². The number of ether oxygens (including phenoxy) is 2. The number of thioether (sulfide) groups is 1. The number of methoxy groups -OCH3 is 1. The maximum atomic E-state index is 11.7. The highest BCUT2D eigenvalue weighted by Crippen LogP contribution is 2.06. The third kappa shape index (κ3) is 10.7. The van der Waals surface area contributed by atoms with Crippen molar-refractivity contribution < 1.29 is 28.7 Å². The van der Waals surface area contributed by atoms with Crippen molar-refractivity contribution >= 4 is 35.6 Å². The van der Waals surface area contributed by atoms with E-state index in [1.165, 1.54) is 18.9 Å². The van der Waals surface area contributed by atoms with Crippen molar-refractivity contribution in [3.8, 4) is 0 Å². The zero-order valence-electron chi connectivity index (χ0n) is 14.6. The first-order chi connectivity index (χ1) is 11.1. The zero-order chi connectivity index (χ0) is 18.8. The van der Waals surface area contributed by atoms with Crippen LogP contribution in [0, 0.1) is 0 Å². The lowest BCUT2D eigenvalue weighted by Gasteiger charge is -2.19. The molecule has 9 nitrogen and oxygen atoms in total. The van der Waals surface area contributed by atoms with E-state index in [0.717, 1.165) is 0 Å². The second kappa shape index (κ2) is 10.7. The smallest absolute Gasteiger partial charge is 0.408 e. The molecule has 0 bridgehead atoms. The van der Waals surface area contributed by atoms with E-state index < -0.39 is 35.5 Å². The zero-order valence-corrected chi connectivity index (χ0v) is 15.4. The van der Waals surface area contributed by atoms with Crippen LogP contribution in [0.25, 0.3) is 0 Å². The van der Waals surface area contributed by atoms with Crippen LogP contribution < -0.4 is 16.0 Å². The number of amides is 3. The van der Waals surface area contributed by atoms with Gasteiger partial charge >= 0.3 is 12.1 Å². The SMILES string of the molecule is COC(=O)C(CSC)NC(=O)CNC(=O)CNC(=O)OC(C)(C)C. The maximum Gasteiger partial charge on any atom is 0.408 e. The van der Waals surface area contributed by atoms with Crippen molar-refractivity contribution in [2.24, 2.45) is 0 Å². The standard InChI is InChI=1S/C14H25N3O6S/c1-14(2,3)23-13(21)16-6-10(18)15-7-11(19)17-9(8-24-5)12(20)22-4/h9H,6-8H2,1-5H3,(H,15,18)(H,16,21)(H,17,19). The van der Waals surface area contributed by atoms with Gasteiger partial charge in [-0.15, -0.1) is 0 Å². The Balaban J connectivity index is 4.14. The number of hydrogen-bond acceptors (Lipinski definition) is 7. The van der Waals surface area contributed by atoms with Gasteiger partial charge in [0.2, 0.25) is 11.8 Å². The lowest BCUT2D eigenvalue weighted by atomic mass is 10.2. The monoisotopic (exact) mass is 363 g/mol. The fraction of sp³-hybridized carbons (Fsp3) is 0.714. The average molecular weight is 363 g/mol. The van der Waals surface area contributed by atoms with Crippen LogP contribution in [0.3, 0.4) is 0 Å². The molecule has 0 aliphatic heterocycles. The third-order valence-electron chi connectivity index (χ3n) is 2.39. The van der Waals surface area contributed by atoms with E-state index in [9.17, 15) is 19.2 Å². The molecule has 0 radical (unpaired) electrons. The first-order valence-corrected chi connectivity index (χ1v) is 8.58. The van der Waals surface area contributed by atoms with Crippen LogP contribution in [0.15, 0.2) is 0 Å². The molecule has 0 rings (SSSR count). The number of esters is 1. The summed E-state index contributed by atoms with van der Waals surface area (Å²) in [6.45, 7) is 4.44. The van der Waals surface area contributed by atoms with E-state index >= 15 is 0 Å². The highest BCUT2D eigenvalue weighted by molar-refractivity contribution is 7.98. The van der Waals surface area contributed by atoms with Gasteiger partial charge in [-0.1, -0.05) is 0 Å². The molecule has 138 valence electrons. The Hall–Kier alpha value is -1.97. The van der Waals surface area contributed by atoms with Crippen LogP contribution in [-0.4, -0.2) is 67.7 Å². The number of carbonyl (C=O) groups excluding carboxylic acids is 4. The summed E-state index contributed by atoms with van der Waals surface area (Å²) in [6.07, 6.45) is 1.06. The summed E-state index contributed by atoms with van der Waals surface area (Å²) in [5.41, 5.74) is -0.666. The molecule has 3 N–H and O–H groups in total. The van der Waals surface area contributed by atoms with E-state index in [-0.39, 0.29) is 13.1 Å². The van der Waals surface area contributed by atoms with Gasteiger partial charge in [0.15, 0.2) is 0 Å². The summed E-state index contributed by atoms with van der Waals surface area (Å²) < 4.78 is 9.55. The molecule has 0 aliphatic rings. The van der Waals surface area contributed by atoms with E-state index in [1.54, 1.807) is 27.0 Å². The lowest BCUT2D eigenvalue weighted by molar-refractivity contribution is -0.144. The van der Waals surface area contributed by atoms with Gasteiger partial charge in [0.05, 0.1) is 13.7 Å². The molecule has 0 aromatic carbocycles. The fourth-order valence-corrected chi connectivity index (χ4v) is 1.98. The molecule has 24 heavy (non-hydrogen) atoms. The maximum absolute atomic E-state index is 11.7. The van der Waals surface area contributed by atoms with Crippen LogP contribution in [0.5, 0.6) is 0 Å². The molecule has 0 aliphatic carbocycles. The first-order valence-electron chi connectivity index (χ1n) is 7.18. The molecule has 0 heterocycles. The molecular weight excluding hydrogens is 338 g/mol. The van der Waals surface area contributed by atoms with Gasteiger partial charge in [-0.05, 0) is 27.0 Å². The molecule has 0 saturated heterocycles. The second-order valence-corrected chi connectivity index (χ2v) is 6.64. The Bertz CT molecular complexity index is 464. The van der Waals surface area contributed by atoms with Crippen LogP contribution in [0.4, 0.5) is 4.79 Å². The Morgan fingerprint density at radius 3 is 2.12 bits per heavy atom. The van der Waals surface area contributed by atoms with Gasteiger partial charge in [-0.3, -0.25) is 9.59 Å². The fourth-order valence-electron chi connectivity index (χ4n) is 1.43. The molecule has 0 fully saturated rings. The first kappa shape index (κ1) is 22.0. The van der Waals surface area contributed by atoms with Crippen molar-refractivity contribution in [1.29, 1.82) is 0 Å². The van der Waals surface area contributed by atoms with Gasteiger partial charge in [-0.2, -0.15) is 11.8 Å². The van der Waals surface area contributed by atoms with Crippen LogP contribution in [-0.2, 0) is 23.9 Å². The summed E-state index contributed by atoms with van der Waals surface area (Å²) in [4.78, 5) is 46.1. The predicted molar refractivity (Wildman–Crippen MR) is 89.6 cm³/mol. The number of hydrogen-bond donors (Lipinski definition) is 3. The van der Waals surface area contributed by atoms with Gasteiger partial charge in [0, 0.05) is 5.75 Å². The van der Waals surface area contributed by atoms with Gasteiger partial charge in [0.1, 0.15) is 18.2 Å². The lowest BCUT2D eigenvalue weighted by Crippen LogP contribution is -2.48. The van der Waals surface area contributed by atoms with Crippen molar-refractivity contribution in [3.05, 3.63) is 0 Å². The summed E-state index contributed by atoms with van der Waals surface area (Å²) in [7, 11) is 1.23. The minimum atomic E-state index is -0.783. The molecule has 0 aromatic heterocycles. The van der Waals surface area contributed by atoms with E-state index in [0.29, 0.717) is 5.75 Å². The summed E-state index contributed by atoms with van der Waals surface area (Å²) in [5, 5.41) is 7.05. The van der Waals surface area contributed by atoms with Gasteiger partial charge in [-0.25, -0.2) is 9.59 Å². The third-order valence-corrected chi connectivity index (χ3v) is 3.06. The summed E-state index contributed by atoms with van der Waals surface area (Å²) in [5.74, 6) is -1.30. The minimum absolute atomic E-state index is 0.323. The molecular formula is C14H25N3O6S. The minimum Gasteiger partial charge on any atom is -0.467 e. The molecule has 3 amide bonds. The van der Waals surface area contributed by atoms with Crippen molar-refractivity contribution in [2.75, 3.05) is 32.2 Å². The number of alkyl carbamates (subject to hydrolysis) is 1. The summed E-state index contributed by atoms with van der Waals surface area (Å²) >= 11 is 1.37. The van der Waals surface area contributed by atoms with E-state index in [2.05, 4.69) is 20.7 Å². The normalized spacial score (nSPS) is 11.9. The van der Waals surface area contributed by atoms with Crippen LogP contribution in [0.1, 0.15) is 20.8 Å². The Kier molecular flexibility index (Phi) is 9.86. The average Bonchev–Trinajstić information content (AvgIpc) is 2.48. The molecule has 10 heteroatoms. The predicted octanol–water partition coefficient (Wildman–Crippen LogP) is -0.352. The molecule has 0 saturated carbocycles. The number of nitrogens with one attached hydrogen (secondary N) is 3. The second-order valence-electron chi connectivity index (χ2n) is 5.73. The Labute approximate surface area is 145 Å². The highest BCUT2D eigenvalue weighted by Gasteiger charge is 2.21. The molecule has 1 unspecified atom stereocenters. The molecule has 0 aromatic rings. The van der Waals surface area contributed by atoms with Crippen molar-refractivity contribution in [3.63, 3.8) is 0 Å². The van der Waals surface area contributed by atoms with Crippen molar-refractivity contribution in [2.45, 2.75) is 32.4 Å². The highest BCUT2D eigenvalue weighted by atomic mass is 32.2. The van der Waals surface area contributed by atoms with Gasteiger partial charge in [0.25, 0.3) is 0 Å². The van der Waals surface area contributed by atoms with Crippen LogP contribution in [0.2, 0.25) is 0 Å². The number of carbonyl (C=O) groups is 4. The van der Waals surface area contributed by atoms with E-state index in [4.69, 9.17) is 4.74 Å². The molecule has 0 spiro atoms. The Morgan fingerprint density at radius 2 is 1.62 bits per heavy atom. The number of rotatable bonds is 8. The largest absolute Gasteiger partial charge is 0.467 e. The Morgan fingerprint density at radius 1 is 1.04 bits per heavy atom. The van der Waals surface area contributed by atoms with E-state index in [1.807, 2.05) is 0 Å². The summed E-state index contributed by atoms with van der Waals surface area (Å²) in [6, 6.07) is -0.783. The topological polar surface area (TPSA) is 123 Å².